The van der Waals surface area contributed by atoms with E-state index in [1.807, 2.05) is 19.1 Å². The molecule has 0 aliphatic carbocycles. The van der Waals surface area contributed by atoms with Gasteiger partial charge in [-0.05, 0) is 37.5 Å². The highest BCUT2D eigenvalue weighted by molar-refractivity contribution is 9.10. The third kappa shape index (κ3) is 2.85. The van der Waals surface area contributed by atoms with E-state index in [1.54, 1.807) is 0 Å². The molecule has 0 amide bonds. The lowest BCUT2D eigenvalue weighted by atomic mass is 9.83. The van der Waals surface area contributed by atoms with Crippen molar-refractivity contribution in [2.75, 3.05) is 0 Å². The van der Waals surface area contributed by atoms with Gasteiger partial charge in [0.25, 0.3) is 0 Å². The third-order valence-corrected chi connectivity index (χ3v) is 3.03. The number of rotatable bonds is 3. The predicted molar refractivity (Wildman–Crippen MR) is 61.9 cm³/mol. The number of nitriles is 1. The van der Waals surface area contributed by atoms with Crippen molar-refractivity contribution in [1.82, 2.24) is 0 Å². The first kappa shape index (κ1) is 11.3. The summed E-state index contributed by atoms with van der Waals surface area (Å²) in [5.41, 5.74) is 0.978. The summed E-state index contributed by atoms with van der Waals surface area (Å²) in [7, 11) is 0. The fourth-order valence-electron chi connectivity index (χ4n) is 1.34. The van der Waals surface area contributed by atoms with Crippen molar-refractivity contribution >= 4 is 15.9 Å². The Balaban J connectivity index is 2.84. The number of hydrogen-bond acceptors (Lipinski definition) is 1. The SMILES string of the molecule is CCC(C)(C#N)Cc1cccc(Br)c1. The molecule has 1 nitrogen and oxygen atoms in total. The summed E-state index contributed by atoms with van der Waals surface area (Å²) >= 11 is 3.43. The first-order chi connectivity index (χ1) is 6.59. The Bertz CT molecular complexity index is 354. The molecule has 0 fully saturated rings. The van der Waals surface area contributed by atoms with Crippen LogP contribution in [0, 0.1) is 16.7 Å². The van der Waals surface area contributed by atoms with Crippen molar-refractivity contribution in [2.24, 2.45) is 5.41 Å². The van der Waals surface area contributed by atoms with Gasteiger partial charge in [0.05, 0.1) is 11.5 Å². The third-order valence-electron chi connectivity index (χ3n) is 2.53. The fraction of sp³-hybridized carbons (Fsp3) is 0.417. The molecule has 2 heteroatoms. The van der Waals surface area contributed by atoms with Gasteiger partial charge in [-0.2, -0.15) is 5.26 Å². The van der Waals surface area contributed by atoms with Crippen LogP contribution in [0.2, 0.25) is 0 Å². The van der Waals surface area contributed by atoms with Crippen LogP contribution in [0.15, 0.2) is 28.7 Å². The van der Waals surface area contributed by atoms with Crippen molar-refractivity contribution in [1.29, 1.82) is 5.26 Å². The minimum Gasteiger partial charge on any atom is -0.198 e. The van der Waals surface area contributed by atoms with Crippen LogP contribution in [0.5, 0.6) is 0 Å². The molecule has 1 aromatic carbocycles. The van der Waals surface area contributed by atoms with E-state index in [-0.39, 0.29) is 5.41 Å². The average molecular weight is 252 g/mol. The highest BCUT2D eigenvalue weighted by atomic mass is 79.9. The van der Waals surface area contributed by atoms with Crippen LogP contribution in [0.1, 0.15) is 25.8 Å². The molecule has 14 heavy (non-hydrogen) atoms. The number of benzene rings is 1. The molecular formula is C12H14BrN. The molecule has 0 aliphatic heterocycles. The van der Waals surface area contributed by atoms with Crippen molar-refractivity contribution < 1.29 is 0 Å². The van der Waals surface area contributed by atoms with E-state index in [1.165, 1.54) is 5.56 Å². The molecule has 1 unspecified atom stereocenters. The van der Waals surface area contributed by atoms with Crippen molar-refractivity contribution in [3.05, 3.63) is 34.3 Å². The van der Waals surface area contributed by atoms with E-state index in [2.05, 4.69) is 41.1 Å². The fourth-order valence-corrected chi connectivity index (χ4v) is 1.79. The van der Waals surface area contributed by atoms with Crippen LogP contribution in [-0.2, 0) is 6.42 Å². The smallest absolute Gasteiger partial charge is 0.0690 e. The minimum absolute atomic E-state index is 0.235. The lowest BCUT2D eigenvalue weighted by Gasteiger charge is -2.19. The molecule has 1 rings (SSSR count). The molecule has 0 heterocycles. The first-order valence-electron chi connectivity index (χ1n) is 4.75. The zero-order valence-corrected chi connectivity index (χ0v) is 10.1. The molecule has 0 saturated carbocycles. The molecule has 0 aliphatic rings. The quantitative estimate of drug-likeness (QED) is 0.799. The monoisotopic (exact) mass is 251 g/mol. The average Bonchev–Trinajstić information content (AvgIpc) is 2.18. The predicted octanol–water partition coefficient (Wildman–Crippen LogP) is 3.93. The van der Waals surface area contributed by atoms with E-state index >= 15 is 0 Å². The summed E-state index contributed by atoms with van der Waals surface area (Å²) in [5, 5.41) is 9.05. The van der Waals surface area contributed by atoms with Crippen LogP contribution in [0.3, 0.4) is 0 Å². The maximum absolute atomic E-state index is 9.05. The molecule has 74 valence electrons. The van der Waals surface area contributed by atoms with Gasteiger partial charge in [-0.25, -0.2) is 0 Å². The Kier molecular flexibility index (Phi) is 3.71. The van der Waals surface area contributed by atoms with Crippen molar-refractivity contribution in [3.8, 4) is 6.07 Å². The van der Waals surface area contributed by atoms with Crippen LogP contribution < -0.4 is 0 Å². The summed E-state index contributed by atoms with van der Waals surface area (Å²) in [4.78, 5) is 0. The number of halogens is 1. The molecule has 0 N–H and O–H groups in total. The van der Waals surface area contributed by atoms with Crippen LogP contribution in [0.4, 0.5) is 0 Å². The lowest BCUT2D eigenvalue weighted by Crippen LogP contribution is -2.15. The summed E-state index contributed by atoms with van der Waals surface area (Å²) in [6, 6.07) is 10.5. The zero-order valence-electron chi connectivity index (χ0n) is 8.55. The van der Waals surface area contributed by atoms with Crippen molar-refractivity contribution in [2.45, 2.75) is 26.7 Å². The van der Waals surface area contributed by atoms with E-state index < -0.39 is 0 Å². The summed E-state index contributed by atoms with van der Waals surface area (Å²) in [5.74, 6) is 0. The Morgan fingerprint density at radius 2 is 2.21 bits per heavy atom. The number of nitrogens with zero attached hydrogens (tertiary/aromatic N) is 1. The van der Waals surface area contributed by atoms with Crippen molar-refractivity contribution in [3.63, 3.8) is 0 Å². The highest BCUT2D eigenvalue weighted by Crippen LogP contribution is 2.26. The summed E-state index contributed by atoms with van der Waals surface area (Å²) < 4.78 is 1.08. The van der Waals surface area contributed by atoms with E-state index in [0.29, 0.717) is 0 Å². The minimum atomic E-state index is -0.235. The first-order valence-corrected chi connectivity index (χ1v) is 5.54. The van der Waals surface area contributed by atoms with E-state index in [0.717, 1.165) is 17.3 Å². The summed E-state index contributed by atoms with van der Waals surface area (Å²) in [6.07, 6.45) is 1.70. The van der Waals surface area contributed by atoms with Gasteiger partial charge in [-0.1, -0.05) is 35.0 Å². The zero-order chi connectivity index (χ0) is 10.6. The second-order valence-electron chi connectivity index (χ2n) is 3.83. The second kappa shape index (κ2) is 4.61. The molecule has 0 radical (unpaired) electrons. The van der Waals surface area contributed by atoms with Crippen LogP contribution >= 0.6 is 15.9 Å². The molecule has 1 aromatic rings. The van der Waals surface area contributed by atoms with Gasteiger partial charge in [0.1, 0.15) is 0 Å². The molecule has 0 aromatic heterocycles. The molecular weight excluding hydrogens is 238 g/mol. The summed E-state index contributed by atoms with van der Waals surface area (Å²) in [6.45, 7) is 4.06. The largest absolute Gasteiger partial charge is 0.198 e. The van der Waals surface area contributed by atoms with Gasteiger partial charge >= 0.3 is 0 Å². The van der Waals surface area contributed by atoms with Gasteiger partial charge in [-0.3, -0.25) is 0 Å². The standard InChI is InChI=1S/C12H14BrN/c1-3-12(2,9-14)8-10-5-4-6-11(13)7-10/h4-7H,3,8H2,1-2H3. The number of hydrogen-bond donors (Lipinski definition) is 0. The van der Waals surface area contributed by atoms with Crippen LogP contribution in [0.25, 0.3) is 0 Å². The Hall–Kier alpha value is -0.810. The molecule has 0 bridgehead atoms. The van der Waals surface area contributed by atoms with Gasteiger partial charge < -0.3 is 0 Å². The van der Waals surface area contributed by atoms with Gasteiger partial charge in [0.15, 0.2) is 0 Å². The van der Waals surface area contributed by atoms with E-state index in [4.69, 9.17) is 5.26 Å². The van der Waals surface area contributed by atoms with Gasteiger partial charge in [0.2, 0.25) is 0 Å². The van der Waals surface area contributed by atoms with Gasteiger partial charge in [0, 0.05) is 4.47 Å². The highest BCUT2D eigenvalue weighted by Gasteiger charge is 2.21. The maximum Gasteiger partial charge on any atom is 0.0690 e. The maximum atomic E-state index is 9.05. The lowest BCUT2D eigenvalue weighted by molar-refractivity contribution is 0.423. The molecule has 0 saturated heterocycles. The second-order valence-corrected chi connectivity index (χ2v) is 4.75. The Morgan fingerprint density at radius 3 is 2.71 bits per heavy atom. The van der Waals surface area contributed by atoms with E-state index in [9.17, 15) is 0 Å². The molecule has 1 atom stereocenters. The Labute approximate surface area is 93.9 Å². The Morgan fingerprint density at radius 1 is 1.50 bits per heavy atom. The topological polar surface area (TPSA) is 23.8 Å². The normalized spacial score (nSPS) is 14.4. The molecule has 0 spiro atoms. The van der Waals surface area contributed by atoms with Crippen LogP contribution in [-0.4, -0.2) is 0 Å². The van der Waals surface area contributed by atoms with Gasteiger partial charge in [-0.15, -0.1) is 0 Å².